The lowest BCUT2D eigenvalue weighted by molar-refractivity contribution is 0.108. The summed E-state index contributed by atoms with van der Waals surface area (Å²) in [6, 6.07) is 19.1. The molecule has 3 aromatic carbocycles. The molecule has 5 aliphatic heterocycles. The maximum atomic E-state index is 13.4. The third-order valence-corrected chi connectivity index (χ3v) is 11.5. The van der Waals surface area contributed by atoms with E-state index in [2.05, 4.69) is 49.6 Å². The Hall–Kier alpha value is -4.15. The maximum absolute atomic E-state index is 13.4. The number of benzene rings is 3. The predicted molar refractivity (Wildman–Crippen MR) is 183 cm³/mol. The maximum Gasteiger partial charge on any atom is 0.319 e. The molecule has 2 amide bonds. The lowest BCUT2D eigenvalue weighted by Crippen LogP contribution is -2.59. The Balaban J connectivity index is 1.07. The highest BCUT2D eigenvalue weighted by atomic mass is 16.5. The molecular weight excluding hydrogens is 590 g/mol. The van der Waals surface area contributed by atoms with Crippen LogP contribution in [0.4, 0.5) is 10.6 Å². The van der Waals surface area contributed by atoms with Gasteiger partial charge in [-0.2, -0.15) is 9.97 Å². The van der Waals surface area contributed by atoms with Crippen molar-refractivity contribution in [3.8, 4) is 22.9 Å². The summed E-state index contributed by atoms with van der Waals surface area (Å²) in [5, 5.41) is 20.3. The van der Waals surface area contributed by atoms with Crippen molar-refractivity contribution in [2.75, 3.05) is 50.8 Å². The first-order valence-corrected chi connectivity index (χ1v) is 17.5. The molecule has 4 aromatic rings. The molecule has 0 unspecified atom stereocenters. The number of hydrogen-bond acceptors (Lipinski definition) is 8. The summed E-state index contributed by atoms with van der Waals surface area (Å²) in [4.78, 5) is 30.6. The number of anilines is 1. The van der Waals surface area contributed by atoms with E-state index in [4.69, 9.17) is 14.7 Å². The highest BCUT2D eigenvalue weighted by Gasteiger charge is 2.46. The number of carbonyl (C=O) groups is 1. The molecule has 0 saturated carbocycles. The average molecular weight is 634 g/mol. The Labute approximate surface area is 275 Å². The van der Waals surface area contributed by atoms with E-state index in [9.17, 15) is 9.90 Å². The van der Waals surface area contributed by atoms with E-state index in [-0.39, 0.29) is 35.4 Å². The van der Waals surface area contributed by atoms with Gasteiger partial charge in [0.15, 0.2) is 0 Å². The number of phenolic OH excluding ortho intramolecular Hbond substituents is 1. The molecule has 9 rings (SSSR count). The number of amides is 2. The fourth-order valence-electron chi connectivity index (χ4n) is 9.19. The Morgan fingerprint density at radius 2 is 1.79 bits per heavy atom. The van der Waals surface area contributed by atoms with Crippen LogP contribution in [0.25, 0.3) is 32.8 Å². The third-order valence-electron chi connectivity index (χ3n) is 11.5. The van der Waals surface area contributed by atoms with Crippen molar-refractivity contribution in [2.24, 2.45) is 0 Å². The zero-order valence-corrected chi connectivity index (χ0v) is 26.8. The molecule has 3 N–H and O–H groups in total. The van der Waals surface area contributed by atoms with Gasteiger partial charge in [-0.1, -0.05) is 30.3 Å². The first-order valence-electron chi connectivity index (χ1n) is 17.5. The number of phenols is 1. The van der Waals surface area contributed by atoms with Crippen LogP contribution in [-0.4, -0.2) is 100 Å². The van der Waals surface area contributed by atoms with Crippen molar-refractivity contribution < 1.29 is 14.6 Å². The number of fused-ring (bicyclic) bond motifs is 5. The van der Waals surface area contributed by atoms with Crippen molar-refractivity contribution in [3.63, 3.8) is 0 Å². The summed E-state index contributed by atoms with van der Waals surface area (Å²) >= 11 is 0. The van der Waals surface area contributed by atoms with Crippen molar-refractivity contribution in [2.45, 2.75) is 68.6 Å². The molecule has 47 heavy (non-hydrogen) atoms. The molecule has 5 saturated heterocycles. The van der Waals surface area contributed by atoms with Crippen LogP contribution in [0.1, 0.15) is 44.9 Å². The number of nitrogens with one attached hydrogen (secondary N) is 2. The monoisotopic (exact) mass is 633 g/mol. The summed E-state index contributed by atoms with van der Waals surface area (Å²) in [5.74, 6) is 1.12. The summed E-state index contributed by atoms with van der Waals surface area (Å²) in [6.45, 7) is 6.16. The zero-order chi connectivity index (χ0) is 31.5. The summed E-state index contributed by atoms with van der Waals surface area (Å²) < 4.78 is 6.56. The Bertz CT molecular complexity index is 1820. The molecule has 3 atom stereocenters. The fraction of sp³-hybridized carbons (Fsp3) is 0.486. The number of nitrogens with zero attached hydrogens (tertiary/aromatic N) is 5. The molecule has 10 heteroatoms. The van der Waals surface area contributed by atoms with Crippen LogP contribution in [0.3, 0.4) is 0 Å². The van der Waals surface area contributed by atoms with E-state index in [1.54, 1.807) is 6.07 Å². The third kappa shape index (κ3) is 5.13. The molecule has 2 bridgehead atoms. The van der Waals surface area contributed by atoms with Crippen LogP contribution in [0.2, 0.25) is 0 Å². The molecule has 1 aromatic heterocycles. The first kappa shape index (κ1) is 29.0. The van der Waals surface area contributed by atoms with Gasteiger partial charge in [0.2, 0.25) is 0 Å². The molecule has 244 valence electrons. The predicted octanol–water partition coefficient (Wildman–Crippen LogP) is 4.89. The van der Waals surface area contributed by atoms with Crippen LogP contribution in [0, 0.1) is 0 Å². The van der Waals surface area contributed by atoms with Crippen LogP contribution in [0.15, 0.2) is 54.6 Å². The molecule has 5 fully saturated rings. The molecule has 0 spiro atoms. The van der Waals surface area contributed by atoms with Crippen molar-refractivity contribution in [3.05, 3.63) is 54.6 Å². The van der Waals surface area contributed by atoms with Gasteiger partial charge in [-0.3, -0.25) is 4.90 Å². The van der Waals surface area contributed by atoms with Crippen molar-refractivity contribution >= 4 is 33.5 Å². The van der Waals surface area contributed by atoms with E-state index in [0.717, 1.165) is 110 Å². The van der Waals surface area contributed by atoms with Crippen molar-refractivity contribution in [1.82, 2.24) is 30.4 Å². The number of piperazine rings is 1. The number of rotatable bonds is 6. The number of aromatic hydroxyl groups is 1. The molecule has 0 aliphatic carbocycles. The number of ether oxygens (including phenoxy) is 1. The largest absolute Gasteiger partial charge is 0.508 e. The number of aromatic nitrogens is 2. The minimum atomic E-state index is 0.0716. The van der Waals surface area contributed by atoms with E-state index in [1.807, 2.05) is 24.3 Å². The van der Waals surface area contributed by atoms with E-state index >= 15 is 0 Å². The topological polar surface area (TPSA) is 106 Å². The Morgan fingerprint density at radius 3 is 2.57 bits per heavy atom. The van der Waals surface area contributed by atoms with Crippen LogP contribution in [-0.2, 0) is 0 Å². The smallest absolute Gasteiger partial charge is 0.319 e. The van der Waals surface area contributed by atoms with E-state index in [1.165, 1.54) is 12.8 Å². The number of carbonyl (C=O) groups excluding carboxylic acids is 1. The second-order valence-corrected chi connectivity index (χ2v) is 14.3. The zero-order valence-electron chi connectivity index (χ0n) is 26.8. The van der Waals surface area contributed by atoms with E-state index < -0.39 is 0 Å². The van der Waals surface area contributed by atoms with Gasteiger partial charge < -0.3 is 30.3 Å². The number of hydrogen-bond donors (Lipinski definition) is 3. The molecule has 0 radical (unpaired) electrons. The lowest BCUT2D eigenvalue weighted by atomic mass is 9.95. The molecule has 6 heterocycles. The van der Waals surface area contributed by atoms with Crippen LogP contribution < -0.4 is 20.3 Å². The minimum absolute atomic E-state index is 0.0716. The van der Waals surface area contributed by atoms with Gasteiger partial charge in [-0.15, -0.1) is 0 Å². The van der Waals surface area contributed by atoms with Gasteiger partial charge in [0.05, 0.1) is 23.1 Å². The highest BCUT2D eigenvalue weighted by Crippen LogP contribution is 2.41. The minimum Gasteiger partial charge on any atom is -0.508 e. The van der Waals surface area contributed by atoms with E-state index in [0.29, 0.717) is 12.6 Å². The van der Waals surface area contributed by atoms with Gasteiger partial charge >= 0.3 is 12.0 Å². The van der Waals surface area contributed by atoms with Crippen LogP contribution in [0.5, 0.6) is 11.8 Å². The normalized spacial score (nSPS) is 25.1. The van der Waals surface area contributed by atoms with Crippen LogP contribution >= 0.6 is 0 Å². The summed E-state index contributed by atoms with van der Waals surface area (Å²) in [7, 11) is 0. The summed E-state index contributed by atoms with van der Waals surface area (Å²) in [5.41, 5.74) is 2.86. The van der Waals surface area contributed by atoms with Gasteiger partial charge in [-0.25, -0.2) is 4.79 Å². The first-order chi connectivity index (χ1) is 23.0. The molecular formula is C37H43N7O3. The second kappa shape index (κ2) is 11.5. The average Bonchev–Trinajstić information content (AvgIpc) is 3.87. The number of urea groups is 1. The SMILES string of the molecule is O=C(N[C@@H]1CCNC1)N1[C@@H]2CC[C@H]1CN(c1nc(OCC34CCCN3CCC4)nc3cc(-c4cc(O)cc5ccccc45)ccc13)C2. The fourth-order valence-corrected chi connectivity index (χ4v) is 9.19. The van der Waals surface area contributed by atoms with Gasteiger partial charge in [0.1, 0.15) is 18.2 Å². The second-order valence-electron chi connectivity index (χ2n) is 14.3. The van der Waals surface area contributed by atoms with Gasteiger partial charge in [0, 0.05) is 31.1 Å². The quantitative estimate of drug-likeness (QED) is 0.276. The standard InChI is InChI=1S/C37H43N7O3/c45-29-17-24-5-1-2-6-30(24)32(19-29)25-7-10-31-33(18-25)40-35(47-23-37-12-3-15-43(37)16-4-13-37)41-34(31)42-21-27-8-9-28(22-42)44(27)36(46)39-26-11-14-38-20-26/h1-2,5-7,10,17-19,26-28,38,45H,3-4,8-9,11-16,20-23H2,(H,39,46)/t26-,27-,28+/m1/s1. The van der Waals surface area contributed by atoms with Gasteiger partial charge in [-0.05, 0) is 111 Å². The summed E-state index contributed by atoms with van der Waals surface area (Å²) in [6.07, 6.45) is 7.72. The van der Waals surface area contributed by atoms with Gasteiger partial charge in [0.25, 0.3) is 0 Å². The molecule has 10 nitrogen and oxygen atoms in total. The van der Waals surface area contributed by atoms with Crippen molar-refractivity contribution in [1.29, 1.82) is 0 Å². The molecule has 5 aliphatic rings. The Morgan fingerprint density at radius 1 is 0.979 bits per heavy atom. The Kier molecular flexibility index (Phi) is 7.12. The highest BCUT2D eigenvalue weighted by molar-refractivity contribution is 6.01. The lowest BCUT2D eigenvalue weighted by Gasteiger charge is -2.42.